The molecule has 0 heterocycles. The van der Waals surface area contributed by atoms with Crippen molar-refractivity contribution in [3.05, 3.63) is 29.8 Å². The molecule has 0 spiro atoms. The molecule has 0 fully saturated rings. The highest BCUT2D eigenvalue weighted by Gasteiger charge is 2.12. The second-order valence-electron chi connectivity index (χ2n) is 4.20. The summed E-state index contributed by atoms with van der Waals surface area (Å²) in [4.78, 5) is 11.3. The minimum absolute atomic E-state index is 0.113. The minimum atomic E-state index is -0.495. The maximum absolute atomic E-state index is 11.3. The van der Waals surface area contributed by atoms with Crippen LogP contribution < -0.4 is 15.8 Å². The van der Waals surface area contributed by atoms with Gasteiger partial charge in [-0.05, 0) is 38.0 Å². The fourth-order valence-corrected chi connectivity index (χ4v) is 1.58. The van der Waals surface area contributed by atoms with Gasteiger partial charge in [-0.15, -0.1) is 0 Å². The van der Waals surface area contributed by atoms with Crippen LogP contribution in [0, 0.1) is 0 Å². The number of nitrogens with one attached hydrogen (secondary N) is 1. The Balaban J connectivity index is 2.68. The Morgan fingerprint density at radius 1 is 1.47 bits per heavy atom. The average Bonchev–Trinajstić information content (AvgIpc) is 2.27. The highest BCUT2D eigenvalue weighted by molar-refractivity contribution is 5.80. The lowest BCUT2D eigenvalue weighted by molar-refractivity contribution is -0.126. The summed E-state index contributed by atoms with van der Waals surface area (Å²) in [7, 11) is 1.59. The molecule has 1 amide bonds. The second-order valence-corrected chi connectivity index (χ2v) is 4.20. The van der Waals surface area contributed by atoms with Crippen molar-refractivity contribution in [1.82, 2.24) is 5.32 Å². The maximum atomic E-state index is 11.3. The highest BCUT2D eigenvalue weighted by atomic mass is 16.5. The topological polar surface area (TPSA) is 64.3 Å². The molecule has 1 aromatic carbocycles. The van der Waals surface area contributed by atoms with Crippen LogP contribution >= 0.6 is 0 Å². The smallest absolute Gasteiger partial charge is 0.260 e. The van der Waals surface area contributed by atoms with Crippen molar-refractivity contribution in [3.63, 3.8) is 0 Å². The van der Waals surface area contributed by atoms with E-state index in [4.69, 9.17) is 10.5 Å². The molecule has 0 saturated heterocycles. The summed E-state index contributed by atoms with van der Waals surface area (Å²) >= 11 is 0. The predicted octanol–water partition coefficient (Wildman–Crippen LogP) is 1.09. The number of amides is 1. The standard InChI is InChI=1S/C13H20N2O2/c1-9(14)7-11-5-4-6-12(8-11)17-10(2)13(16)15-3/h4-6,8-10H,7,14H2,1-3H3,(H,15,16). The van der Waals surface area contributed by atoms with Crippen molar-refractivity contribution in [3.8, 4) is 5.75 Å². The summed E-state index contributed by atoms with van der Waals surface area (Å²) in [5, 5.41) is 2.55. The number of hydrogen-bond donors (Lipinski definition) is 2. The first-order valence-corrected chi connectivity index (χ1v) is 5.75. The molecule has 0 aliphatic heterocycles. The van der Waals surface area contributed by atoms with Crippen molar-refractivity contribution in [2.24, 2.45) is 5.73 Å². The van der Waals surface area contributed by atoms with E-state index in [1.165, 1.54) is 0 Å². The summed E-state index contributed by atoms with van der Waals surface area (Å²) < 4.78 is 5.54. The van der Waals surface area contributed by atoms with Crippen LogP contribution in [0.15, 0.2) is 24.3 Å². The van der Waals surface area contributed by atoms with Crippen LogP contribution in [0.5, 0.6) is 5.75 Å². The summed E-state index contributed by atoms with van der Waals surface area (Å²) in [5.74, 6) is 0.557. The molecule has 4 heteroatoms. The van der Waals surface area contributed by atoms with Crippen molar-refractivity contribution in [2.75, 3.05) is 7.05 Å². The van der Waals surface area contributed by atoms with Crippen LogP contribution in [0.4, 0.5) is 0 Å². The van der Waals surface area contributed by atoms with Crippen LogP contribution in [-0.4, -0.2) is 25.1 Å². The van der Waals surface area contributed by atoms with Gasteiger partial charge in [0.15, 0.2) is 6.10 Å². The lowest BCUT2D eigenvalue weighted by Gasteiger charge is -2.14. The maximum Gasteiger partial charge on any atom is 0.260 e. The third-order valence-electron chi connectivity index (χ3n) is 2.38. The quantitative estimate of drug-likeness (QED) is 0.804. The van der Waals surface area contributed by atoms with Crippen LogP contribution in [0.3, 0.4) is 0 Å². The zero-order valence-corrected chi connectivity index (χ0v) is 10.6. The Bertz CT molecular complexity index is 377. The zero-order chi connectivity index (χ0) is 12.8. The van der Waals surface area contributed by atoms with E-state index in [2.05, 4.69) is 5.32 Å². The molecule has 0 aliphatic rings. The largest absolute Gasteiger partial charge is 0.481 e. The van der Waals surface area contributed by atoms with Gasteiger partial charge in [-0.3, -0.25) is 4.79 Å². The predicted molar refractivity (Wildman–Crippen MR) is 68.0 cm³/mol. The number of benzene rings is 1. The Kier molecular flexibility index (Phi) is 4.97. The number of likely N-dealkylation sites (N-methyl/N-ethyl adjacent to an activating group) is 1. The number of carbonyl (C=O) groups is 1. The SMILES string of the molecule is CNC(=O)C(C)Oc1cccc(CC(C)N)c1. The van der Waals surface area contributed by atoms with E-state index in [-0.39, 0.29) is 11.9 Å². The molecule has 17 heavy (non-hydrogen) atoms. The molecule has 2 atom stereocenters. The number of nitrogens with two attached hydrogens (primary N) is 1. The van der Waals surface area contributed by atoms with Gasteiger partial charge >= 0.3 is 0 Å². The van der Waals surface area contributed by atoms with E-state index in [1.54, 1.807) is 14.0 Å². The summed E-state index contributed by atoms with van der Waals surface area (Å²) in [5.41, 5.74) is 6.85. The van der Waals surface area contributed by atoms with Crippen molar-refractivity contribution < 1.29 is 9.53 Å². The monoisotopic (exact) mass is 236 g/mol. The molecular formula is C13H20N2O2. The van der Waals surface area contributed by atoms with Gasteiger partial charge in [0.05, 0.1) is 0 Å². The van der Waals surface area contributed by atoms with Crippen LogP contribution in [0.25, 0.3) is 0 Å². The van der Waals surface area contributed by atoms with E-state index in [9.17, 15) is 4.79 Å². The third kappa shape index (κ3) is 4.44. The molecule has 0 aromatic heterocycles. The first-order valence-electron chi connectivity index (χ1n) is 5.75. The van der Waals surface area contributed by atoms with Crippen molar-refractivity contribution in [1.29, 1.82) is 0 Å². The van der Waals surface area contributed by atoms with E-state index < -0.39 is 6.10 Å². The third-order valence-corrected chi connectivity index (χ3v) is 2.38. The van der Waals surface area contributed by atoms with Crippen molar-refractivity contribution >= 4 is 5.91 Å². The lowest BCUT2D eigenvalue weighted by atomic mass is 10.1. The van der Waals surface area contributed by atoms with Crippen LogP contribution in [-0.2, 0) is 11.2 Å². The van der Waals surface area contributed by atoms with Gasteiger partial charge in [0.1, 0.15) is 5.75 Å². The van der Waals surface area contributed by atoms with Gasteiger partial charge in [0, 0.05) is 13.1 Å². The van der Waals surface area contributed by atoms with E-state index in [0.29, 0.717) is 5.75 Å². The Morgan fingerprint density at radius 2 is 2.18 bits per heavy atom. The van der Waals surface area contributed by atoms with E-state index in [1.807, 2.05) is 31.2 Å². The Labute approximate surface area is 102 Å². The van der Waals surface area contributed by atoms with E-state index >= 15 is 0 Å². The van der Waals surface area contributed by atoms with Gasteiger partial charge in [0.25, 0.3) is 5.91 Å². The molecule has 1 rings (SSSR count). The molecular weight excluding hydrogens is 216 g/mol. The fourth-order valence-electron chi connectivity index (χ4n) is 1.58. The normalized spacial score (nSPS) is 13.9. The van der Waals surface area contributed by atoms with E-state index in [0.717, 1.165) is 12.0 Å². The molecule has 0 radical (unpaired) electrons. The molecule has 3 N–H and O–H groups in total. The van der Waals surface area contributed by atoms with Gasteiger partial charge in [0.2, 0.25) is 0 Å². The molecule has 0 saturated carbocycles. The Morgan fingerprint density at radius 3 is 2.76 bits per heavy atom. The van der Waals surface area contributed by atoms with Gasteiger partial charge in [-0.2, -0.15) is 0 Å². The molecule has 4 nitrogen and oxygen atoms in total. The van der Waals surface area contributed by atoms with Gasteiger partial charge in [-0.1, -0.05) is 12.1 Å². The van der Waals surface area contributed by atoms with Crippen LogP contribution in [0.2, 0.25) is 0 Å². The highest BCUT2D eigenvalue weighted by Crippen LogP contribution is 2.16. The lowest BCUT2D eigenvalue weighted by Crippen LogP contribution is -2.33. The molecule has 0 aliphatic carbocycles. The zero-order valence-electron chi connectivity index (χ0n) is 10.6. The first kappa shape index (κ1) is 13.5. The average molecular weight is 236 g/mol. The summed E-state index contributed by atoms with van der Waals surface area (Å²) in [6, 6.07) is 7.78. The number of ether oxygens (including phenoxy) is 1. The fraction of sp³-hybridized carbons (Fsp3) is 0.462. The molecule has 2 unspecified atom stereocenters. The molecule has 1 aromatic rings. The number of rotatable bonds is 5. The van der Waals surface area contributed by atoms with Gasteiger partial charge < -0.3 is 15.8 Å². The van der Waals surface area contributed by atoms with Gasteiger partial charge in [-0.25, -0.2) is 0 Å². The first-order chi connectivity index (χ1) is 8.02. The second kappa shape index (κ2) is 6.25. The Hall–Kier alpha value is -1.55. The molecule has 0 bridgehead atoms. The summed E-state index contributed by atoms with van der Waals surface area (Å²) in [6.45, 7) is 3.68. The summed E-state index contributed by atoms with van der Waals surface area (Å²) in [6.07, 6.45) is 0.302. The molecule has 94 valence electrons. The number of hydrogen-bond acceptors (Lipinski definition) is 3. The minimum Gasteiger partial charge on any atom is -0.481 e. The number of carbonyl (C=O) groups excluding carboxylic acids is 1. The van der Waals surface area contributed by atoms with Crippen LogP contribution in [0.1, 0.15) is 19.4 Å². The van der Waals surface area contributed by atoms with Crippen molar-refractivity contribution in [2.45, 2.75) is 32.4 Å².